The van der Waals surface area contributed by atoms with Crippen LogP contribution in [0, 0.1) is 11.7 Å². The first-order valence-corrected chi connectivity index (χ1v) is 6.84. The van der Waals surface area contributed by atoms with Crippen LogP contribution >= 0.6 is 0 Å². The van der Waals surface area contributed by atoms with Crippen LogP contribution in [0.15, 0.2) is 24.3 Å². The number of nitrogens with two attached hydrogens (primary N) is 1. The quantitative estimate of drug-likeness (QED) is 0.903. The number of amides is 1. The third kappa shape index (κ3) is 3.77. The molecule has 0 aromatic heterocycles. The predicted octanol–water partition coefficient (Wildman–Crippen LogP) is 1.95. The Morgan fingerprint density at radius 1 is 1.37 bits per heavy atom. The number of likely N-dealkylation sites (tertiary alicyclic amines) is 1. The van der Waals surface area contributed by atoms with E-state index in [1.54, 1.807) is 0 Å². The van der Waals surface area contributed by atoms with E-state index in [4.69, 9.17) is 5.73 Å². The molecular formula is C15H21FN2O. The summed E-state index contributed by atoms with van der Waals surface area (Å²) in [6, 6.07) is 7.08. The summed E-state index contributed by atoms with van der Waals surface area (Å²) in [7, 11) is 0. The van der Waals surface area contributed by atoms with Gasteiger partial charge in [-0.1, -0.05) is 12.1 Å². The lowest BCUT2D eigenvalue weighted by molar-refractivity contribution is -0.123. The van der Waals surface area contributed by atoms with E-state index in [0.717, 1.165) is 37.9 Å². The van der Waals surface area contributed by atoms with Crippen molar-refractivity contribution in [2.24, 2.45) is 11.7 Å². The van der Waals surface area contributed by atoms with E-state index in [2.05, 4.69) is 11.8 Å². The maximum absolute atomic E-state index is 12.8. The number of hydrogen-bond acceptors (Lipinski definition) is 2. The highest BCUT2D eigenvalue weighted by molar-refractivity contribution is 5.76. The summed E-state index contributed by atoms with van der Waals surface area (Å²) in [5, 5.41) is 0. The Morgan fingerprint density at radius 2 is 1.95 bits per heavy atom. The molecule has 0 unspecified atom stereocenters. The Morgan fingerprint density at radius 3 is 2.47 bits per heavy atom. The van der Waals surface area contributed by atoms with Crippen molar-refractivity contribution in [3.63, 3.8) is 0 Å². The Kier molecular flexibility index (Phi) is 4.53. The van der Waals surface area contributed by atoms with Crippen LogP contribution in [0.4, 0.5) is 4.39 Å². The fourth-order valence-electron chi connectivity index (χ4n) is 2.72. The molecule has 1 aliphatic rings. The van der Waals surface area contributed by atoms with Gasteiger partial charge >= 0.3 is 0 Å². The van der Waals surface area contributed by atoms with Gasteiger partial charge < -0.3 is 10.6 Å². The number of carbonyl (C=O) groups is 1. The first-order valence-electron chi connectivity index (χ1n) is 6.84. The van der Waals surface area contributed by atoms with Crippen LogP contribution in [0.5, 0.6) is 0 Å². The van der Waals surface area contributed by atoms with Crippen molar-refractivity contribution in [1.29, 1.82) is 0 Å². The Labute approximate surface area is 113 Å². The van der Waals surface area contributed by atoms with Gasteiger partial charge in [-0.05, 0) is 57.0 Å². The molecule has 1 heterocycles. The van der Waals surface area contributed by atoms with Gasteiger partial charge in [0.1, 0.15) is 5.82 Å². The topological polar surface area (TPSA) is 46.3 Å². The lowest BCUT2D eigenvalue weighted by Crippen LogP contribution is -2.43. The average molecular weight is 264 g/mol. The largest absolute Gasteiger partial charge is 0.369 e. The summed E-state index contributed by atoms with van der Waals surface area (Å²) in [6.07, 6.45) is 2.60. The molecule has 2 N–H and O–H groups in total. The van der Waals surface area contributed by atoms with E-state index in [1.165, 1.54) is 12.1 Å². The second-order valence-electron chi connectivity index (χ2n) is 5.39. The highest BCUT2D eigenvalue weighted by Crippen LogP contribution is 2.20. The molecule has 1 aromatic rings. The highest BCUT2D eigenvalue weighted by atomic mass is 19.1. The van der Waals surface area contributed by atoms with Crippen LogP contribution in [-0.2, 0) is 11.2 Å². The number of rotatable bonds is 4. The third-order valence-electron chi connectivity index (χ3n) is 4.00. The van der Waals surface area contributed by atoms with Crippen LogP contribution in [0.25, 0.3) is 0 Å². The van der Waals surface area contributed by atoms with E-state index in [-0.39, 0.29) is 17.6 Å². The van der Waals surface area contributed by atoms with Gasteiger partial charge in [0.15, 0.2) is 0 Å². The Bertz CT molecular complexity index is 424. The number of primary amides is 1. The van der Waals surface area contributed by atoms with Gasteiger partial charge in [0.2, 0.25) is 5.91 Å². The SMILES string of the molecule is C[C@H](Cc1ccc(F)cc1)N1CCC(C(N)=O)CC1. The zero-order valence-corrected chi connectivity index (χ0v) is 11.3. The lowest BCUT2D eigenvalue weighted by atomic mass is 9.94. The van der Waals surface area contributed by atoms with Crippen LogP contribution in [0.2, 0.25) is 0 Å². The summed E-state index contributed by atoms with van der Waals surface area (Å²) >= 11 is 0. The number of nitrogens with zero attached hydrogens (tertiary/aromatic N) is 1. The average Bonchev–Trinajstić information content (AvgIpc) is 2.41. The van der Waals surface area contributed by atoms with Crippen LogP contribution < -0.4 is 5.73 Å². The molecule has 0 spiro atoms. The zero-order valence-electron chi connectivity index (χ0n) is 11.3. The first-order chi connectivity index (χ1) is 9.06. The molecule has 3 nitrogen and oxygen atoms in total. The van der Waals surface area contributed by atoms with Crippen LogP contribution in [-0.4, -0.2) is 29.9 Å². The molecule has 1 aromatic carbocycles. The summed E-state index contributed by atoms with van der Waals surface area (Å²) in [5.74, 6) is -0.334. The predicted molar refractivity (Wildman–Crippen MR) is 73.1 cm³/mol. The van der Waals surface area contributed by atoms with Crippen molar-refractivity contribution >= 4 is 5.91 Å². The molecule has 1 saturated heterocycles. The van der Waals surface area contributed by atoms with Gasteiger partial charge in [-0.25, -0.2) is 4.39 Å². The van der Waals surface area contributed by atoms with E-state index >= 15 is 0 Å². The van der Waals surface area contributed by atoms with Crippen molar-refractivity contribution in [2.45, 2.75) is 32.2 Å². The minimum atomic E-state index is -0.196. The molecule has 19 heavy (non-hydrogen) atoms. The van der Waals surface area contributed by atoms with Gasteiger partial charge in [-0.15, -0.1) is 0 Å². The van der Waals surface area contributed by atoms with Crippen molar-refractivity contribution in [2.75, 3.05) is 13.1 Å². The first kappa shape index (κ1) is 14.0. The normalized spacial score (nSPS) is 19.3. The highest BCUT2D eigenvalue weighted by Gasteiger charge is 2.25. The zero-order chi connectivity index (χ0) is 13.8. The van der Waals surface area contributed by atoms with Gasteiger partial charge in [0, 0.05) is 12.0 Å². The standard InChI is InChI=1S/C15H21FN2O/c1-11(10-12-2-4-14(16)5-3-12)18-8-6-13(7-9-18)15(17)19/h2-5,11,13H,6-10H2,1H3,(H2,17,19)/t11-/m1/s1. The summed E-state index contributed by atoms with van der Waals surface area (Å²) in [6.45, 7) is 4.00. The number of hydrogen-bond donors (Lipinski definition) is 1. The van der Waals surface area contributed by atoms with Crippen molar-refractivity contribution in [3.05, 3.63) is 35.6 Å². The molecule has 0 radical (unpaired) electrons. The fourth-order valence-corrected chi connectivity index (χ4v) is 2.72. The van der Waals surface area contributed by atoms with Gasteiger partial charge in [0.25, 0.3) is 0 Å². The third-order valence-corrected chi connectivity index (χ3v) is 4.00. The van der Waals surface area contributed by atoms with Crippen LogP contribution in [0.3, 0.4) is 0 Å². The summed E-state index contributed by atoms with van der Waals surface area (Å²) in [4.78, 5) is 13.5. The molecule has 1 amide bonds. The van der Waals surface area contributed by atoms with Crippen molar-refractivity contribution in [3.8, 4) is 0 Å². The maximum Gasteiger partial charge on any atom is 0.220 e. The second kappa shape index (κ2) is 6.15. The minimum Gasteiger partial charge on any atom is -0.369 e. The molecule has 0 aliphatic carbocycles. The molecule has 0 bridgehead atoms. The van der Waals surface area contributed by atoms with E-state index < -0.39 is 0 Å². The van der Waals surface area contributed by atoms with Gasteiger partial charge in [-0.3, -0.25) is 4.79 Å². The number of halogens is 1. The van der Waals surface area contributed by atoms with Crippen molar-refractivity contribution in [1.82, 2.24) is 4.90 Å². The van der Waals surface area contributed by atoms with E-state index in [9.17, 15) is 9.18 Å². The van der Waals surface area contributed by atoms with Gasteiger partial charge in [0.05, 0.1) is 0 Å². The Hall–Kier alpha value is -1.42. The molecule has 4 heteroatoms. The smallest absolute Gasteiger partial charge is 0.220 e. The molecule has 0 saturated carbocycles. The van der Waals surface area contributed by atoms with E-state index in [1.807, 2.05) is 12.1 Å². The van der Waals surface area contributed by atoms with Crippen LogP contribution in [0.1, 0.15) is 25.3 Å². The summed E-state index contributed by atoms with van der Waals surface area (Å²) in [5.41, 5.74) is 6.48. The Balaban J connectivity index is 1.86. The second-order valence-corrected chi connectivity index (χ2v) is 5.39. The lowest BCUT2D eigenvalue weighted by Gasteiger charge is -2.35. The number of benzene rings is 1. The molecule has 1 aliphatic heterocycles. The number of piperidine rings is 1. The number of carbonyl (C=O) groups excluding carboxylic acids is 1. The molecule has 2 rings (SSSR count). The monoisotopic (exact) mass is 264 g/mol. The molecular weight excluding hydrogens is 243 g/mol. The molecule has 104 valence electrons. The fraction of sp³-hybridized carbons (Fsp3) is 0.533. The molecule has 1 fully saturated rings. The summed E-state index contributed by atoms with van der Waals surface area (Å²) < 4.78 is 12.8. The maximum atomic E-state index is 12.8. The van der Waals surface area contributed by atoms with E-state index in [0.29, 0.717) is 6.04 Å². The molecule has 1 atom stereocenters. The van der Waals surface area contributed by atoms with Crippen molar-refractivity contribution < 1.29 is 9.18 Å². The van der Waals surface area contributed by atoms with Gasteiger partial charge in [-0.2, -0.15) is 0 Å². The minimum absolute atomic E-state index is 0.0364.